The van der Waals surface area contributed by atoms with E-state index in [-0.39, 0.29) is 11.4 Å². The molecule has 1 unspecified atom stereocenters. The number of fused-ring (bicyclic) bond motifs is 1. The summed E-state index contributed by atoms with van der Waals surface area (Å²) >= 11 is 0. The van der Waals surface area contributed by atoms with Crippen LogP contribution in [0.1, 0.15) is 102 Å². The van der Waals surface area contributed by atoms with Crippen molar-refractivity contribution in [2.45, 2.75) is 102 Å². The summed E-state index contributed by atoms with van der Waals surface area (Å²) < 4.78 is 6.20. The molecule has 0 amide bonds. The van der Waals surface area contributed by atoms with E-state index >= 15 is 0 Å². The lowest BCUT2D eigenvalue weighted by atomic mass is 9.86. The molecule has 0 saturated carbocycles. The van der Waals surface area contributed by atoms with Crippen molar-refractivity contribution in [2.24, 2.45) is 5.16 Å². The topological polar surface area (TPSA) is 82.3 Å². The first-order valence-corrected chi connectivity index (χ1v) is 11.4. The monoisotopic (exact) mass is 405 g/mol. The van der Waals surface area contributed by atoms with Gasteiger partial charge in [-0.05, 0) is 44.4 Å². The van der Waals surface area contributed by atoms with Crippen LogP contribution in [-0.4, -0.2) is 33.3 Å². The van der Waals surface area contributed by atoms with E-state index in [1.54, 1.807) is 18.2 Å². The van der Waals surface area contributed by atoms with Crippen LogP contribution in [0.4, 0.5) is 0 Å². The zero-order valence-electron chi connectivity index (χ0n) is 18.0. The normalized spacial score (nSPS) is 19.9. The van der Waals surface area contributed by atoms with E-state index < -0.39 is 0 Å². The molecule has 0 fully saturated rings. The summed E-state index contributed by atoms with van der Waals surface area (Å²) in [4.78, 5) is 0. The van der Waals surface area contributed by atoms with Gasteiger partial charge in [0.1, 0.15) is 17.1 Å². The number of hydrogen-bond donors (Lipinski definition) is 3. The molecule has 1 aliphatic rings. The fourth-order valence-electron chi connectivity index (χ4n) is 4.19. The minimum absolute atomic E-state index is 0.152. The Balaban J connectivity index is 1.57. The van der Waals surface area contributed by atoms with Gasteiger partial charge in [-0.3, -0.25) is 0 Å². The van der Waals surface area contributed by atoms with Crippen LogP contribution in [0.2, 0.25) is 0 Å². The van der Waals surface area contributed by atoms with Crippen molar-refractivity contribution >= 4 is 5.71 Å². The minimum Gasteiger partial charge on any atom is -0.508 e. The first-order valence-electron chi connectivity index (χ1n) is 11.4. The predicted molar refractivity (Wildman–Crippen MR) is 117 cm³/mol. The number of aromatic hydroxyl groups is 1. The van der Waals surface area contributed by atoms with Crippen LogP contribution in [0.15, 0.2) is 23.4 Å². The van der Waals surface area contributed by atoms with E-state index in [1.807, 2.05) is 0 Å². The van der Waals surface area contributed by atoms with Crippen LogP contribution >= 0.6 is 0 Å². The molecule has 3 N–H and O–H groups in total. The second kappa shape index (κ2) is 12.7. The number of nitrogens with zero attached hydrogens (tertiary/aromatic N) is 1. The Morgan fingerprint density at radius 3 is 2.00 bits per heavy atom. The number of oxime groups is 1. The highest BCUT2D eigenvalue weighted by Gasteiger charge is 2.35. The van der Waals surface area contributed by atoms with Crippen molar-refractivity contribution in [3.05, 3.63) is 23.8 Å². The molecular formula is C24H39NO4. The second-order valence-electron chi connectivity index (χ2n) is 8.67. The highest BCUT2D eigenvalue weighted by Crippen LogP contribution is 2.38. The lowest BCUT2D eigenvalue weighted by Gasteiger charge is -2.36. The molecule has 1 atom stereocenters. The molecule has 0 aromatic heterocycles. The highest BCUT2D eigenvalue weighted by atomic mass is 16.5. The summed E-state index contributed by atoms with van der Waals surface area (Å²) in [7, 11) is 0. The van der Waals surface area contributed by atoms with E-state index in [0.717, 1.165) is 19.3 Å². The molecule has 5 heteroatoms. The molecule has 0 bridgehead atoms. The molecule has 0 radical (unpaired) electrons. The lowest BCUT2D eigenvalue weighted by Crippen LogP contribution is -2.39. The number of unbranched alkanes of at least 4 members (excludes halogenated alkanes) is 11. The van der Waals surface area contributed by atoms with Gasteiger partial charge in [-0.25, -0.2) is 0 Å². The molecular weight excluding hydrogens is 366 g/mol. The Hall–Kier alpha value is -1.75. The highest BCUT2D eigenvalue weighted by molar-refractivity contribution is 6.04. The van der Waals surface area contributed by atoms with E-state index in [0.29, 0.717) is 30.1 Å². The van der Waals surface area contributed by atoms with Gasteiger partial charge in [-0.1, -0.05) is 69.4 Å². The molecule has 2 rings (SSSR count). The number of hydrogen-bond acceptors (Lipinski definition) is 5. The van der Waals surface area contributed by atoms with Gasteiger partial charge in [-0.2, -0.15) is 0 Å². The molecule has 0 spiro atoms. The smallest absolute Gasteiger partial charge is 0.129 e. The van der Waals surface area contributed by atoms with E-state index in [9.17, 15) is 10.3 Å². The summed E-state index contributed by atoms with van der Waals surface area (Å²) in [5.74, 6) is 0.833. The first kappa shape index (κ1) is 23.5. The van der Waals surface area contributed by atoms with Crippen molar-refractivity contribution in [1.29, 1.82) is 0 Å². The number of aliphatic hydroxyl groups excluding tert-OH is 1. The van der Waals surface area contributed by atoms with Gasteiger partial charge in [-0.15, -0.1) is 0 Å². The first-order chi connectivity index (χ1) is 14.1. The maximum Gasteiger partial charge on any atom is 0.129 e. The summed E-state index contributed by atoms with van der Waals surface area (Å²) in [5.41, 5.74) is 0.904. The molecule has 0 saturated heterocycles. The maximum absolute atomic E-state index is 9.67. The largest absolute Gasteiger partial charge is 0.508 e. The summed E-state index contributed by atoms with van der Waals surface area (Å²) in [6, 6.07) is 4.95. The third-order valence-electron chi connectivity index (χ3n) is 5.91. The zero-order valence-corrected chi connectivity index (χ0v) is 18.0. The van der Waals surface area contributed by atoms with Gasteiger partial charge in [0.05, 0.1) is 5.71 Å². The van der Waals surface area contributed by atoms with E-state index in [4.69, 9.17) is 9.84 Å². The molecule has 1 aromatic carbocycles. The van der Waals surface area contributed by atoms with Crippen LogP contribution in [0.5, 0.6) is 11.5 Å². The SMILES string of the molecule is CC1(CCCCCCCCCCCCCCO)CC(=NO)c2cc(O)ccc2O1. The fraction of sp³-hybridized carbons (Fsp3) is 0.708. The average Bonchev–Trinajstić information content (AvgIpc) is 2.71. The van der Waals surface area contributed by atoms with Gasteiger partial charge in [0.15, 0.2) is 0 Å². The average molecular weight is 406 g/mol. The third-order valence-corrected chi connectivity index (χ3v) is 5.91. The van der Waals surface area contributed by atoms with Crippen LogP contribution in [-0.2, 0) is 0 Å². The Kier molecular flexibility index (Phi) is 10.3. The fourth-order valence-corrected chi connectivity index (χ4v) is 4.19. The van der Waals surface area contributed by atoms with Gasteiger partial charge < -0.3 is 20.2 Å². The van der Waals surface area contributed by atoms with E-state index in [1.165, 1.54) is 64.2 Å². The predicted octanol–water partition coefficient (Wildman–Crippen LogP) is 6.18. The van der Waals surface area contributed by atoms with Crippen molar-refractivity contribution in [3.8, 4) is 11.5 Å². The van der Waals surface area contributed by atoms with E-state index in [2.05, 4.69) is 12.1 Å². The molecule has 164 valence electrons. The van der Waals surface area contributed by atoms with Crippen molar-refractivity contribution < 1.29 is 20.2 Å². The number of ether oxygens (including phenoxy) is 1. The van der Waals surface area contributed by atoms with Crippen LogP contribution < -0.4 is 4.74 Å². The Morgan fingerprint density at radius 1 is 0.897 bits per heavy atom. The zero-order chi connectivity index (χ0) is 21.0. The molecule has 29 heavy (non-hydrogen) atoms. The standard InChI is InChI=1S/C24H39NO4/c1-24(19-22(25-28)21-18-20(27)14-15-23(21)29-24)16-12-10-8-6-4-2-3-5-7-9-11-13-17-26/h14-15,18,26-28H,2-13,16-17,19H2,1H3. The van der Waals surface area contributed by atoms with Crippen LogP contribution in [0.3, 0.4) is 0 Å². The molecule has 5 nitrogen and oxygen atoms in total. The van der Waals surface area contributed by atoms with Crippen LogP contribution in [0.25, 0.3) is 0 Å². The lowest BCUT2D eigenvalue weighted by molar-refractivity contribution is 0.0764. The van der Waals surface area contributed by atoms with Gasteiger partial charge in [0, 0.05) is 18.6 Å². The molecule has 0 aliphatic carbocycles. The number of rotatable bonds is 14. The minimum atomic E-state index is -0.360. The summed E-state index contributed by atoms with van der Waals surface area (Å²) in [6.07, 6.45) is 16.4. The van der Waals surface area contributed by atoms with Crippen molar-refractivity contribution in [2.75, 3.05) is 6.61 Å². The molecule has 1 aromatic rings. The van der Waals surface area contributed by atoms with Crippen molar-refractivity contribution in [1.82, 2.24) is 0 Å². The van der Waals surface area contributed by atoms with Crippen LogP contribution in [0, 0.1) is 0 Å². The number of aliphatic hydroxyl groups is 1. The molecule has 1 heterocycles. The van der Waals surface area contributed by atoms with Gasteiger partial charge in [0.25, 0.3) is 0 Å². The Morgan fingerprint density at radius 2 is 1.45 bits per heavy atom. The summed E-state index contributed by atoms with van der Waals surface area (Å²) in [5, 5.41) is 31.3. The third kappa shape index (κ3) is 8.25. The maximum atomic E-state index is 9.67. The number of phenols is 1. The van der Waals surface area contributed by atoms with Crippen molar-refractivity contribution in [3.63, 3.8) is 0 Å². The number of benzene rings is 1. The van der Waals surface area contributed by atoms with Gasteiger partial charge in [0.2, 0.25) is 0 Å². The number of phenolic OH excluding ortho intramolecular Hbond substituents is 1. The molecule has 1 aliphatic heterocycles. The van der Waals surface area contributed by atoms with Gasteiger partial charge >= 0.3 is 0 Å². The Labute approximate surface area is 175 Å². The summed E-state index contributed by atoms with van der Waals surface area (Å²) in [6.45, 7) is 2.41. The quantitative estimate of drug-likeness (QED) is 0.196. The Bertz CT molecular complexity index is 631. The second-order valence-corrected chi connectivity index (χ2v) is 8.67.